The number of para-hydroxylation sites is 1. The van der Waals surface area contributed by atoms with Crippen molar-refractivity contribution in [2.75, 3.05) is 13.1 Å². The van der Waals surface area contributed by atoms with Gasteiger partial charge in [-0.1, -0.05) is 59.2 Å². The number of ketones is 1. The number of Topliss-reactive ketones (excluding diaryl/α,β-unsaturated/α-hetero) is 1. The Balaban J connectivity index is 1.33. The van der Waals surface area contributed by atoms with Crippen molar-refractivity contribution >= 4 is 36.7 Å². The van der Waals surface area contributed by atoms with Crippen LogP contribution in [-0.2, 0) is 20.0 Å². The van der Waals surface area contributed by atoms with Crippen molar-refractivity contribution in [1.82, 2.24) is 8.28 Å². The molecule has 0 amide bonds. The van der Waals surface area contributed by atoms with Crippen LogP contribution in [0.5, 0.6) is 0 Å². The van der Waals surface area contributed by atoms with Crippen LogP contribution < -0.4 is 0 Å². The molecular formula is C33H30N2O5S2. The van der Waals surface area contributed by atoms with Gasteiger partial charge in [0.05, 0.1) is 15.3 Å². The van der Waals surface area contributed by atoms with Gasteiger partial charge in [-0.25, -0.2) is 20.8 Å². The Morgan fingerprint density at radius 1 is 0.738 bits per heavy atom. The highest BCUT2D eigenvalue weighted by Gasteiger charge is 2.62. The van der Waals surface area contributed by atoms with Crippen LogP contribution in [-0.4, -0.2) is 44.0 Å². The van der Waals surface area contributed by atoms with Crippen LogP contribution >= 0.6 is 0 Å². The number of aromatic nitrogens is 1. The molecule has 0 bridgehead atoms. The number of nitrogens with zero attached hydrogens (tertiary/aromatic N) is 2. The van der Waals surface area contributed by atoms with Crippen LogP contribution in [0, 0.1) is 19.3 Å². The predicted octanol–water partition coefficient (Wildman–Crippen LogP) is 5.79. The number of fused-ring (bicyclic) bond motifs is 3. The van der Waals surface area contributed by atoms with E-state index >= 15 is 0 Å². The van der Waals surface area contributed by atoms with Crippen molar-refractivity contribution < 1.29 is 21.6 Å². The zero-order valence-corrected chi connectivity index (χ0v) is 25.2. The monoisotopic (exact) mass is 598 g/mol. The van der Waals surface area contributed by atoms with Gasteiger partial charge >= 0.3 is 0 Å². The fourth-order valence-electron chi connectivity index (χ4n) is 6.66. The van der Waals surface area contributed by atoms with E-state index in [1.165, 1.54) is 14.5 Å². The summed E-state index contributed by atoms with van der Waals surface area (Å²) in [6.45, 7) is 6.15. The zero-order chi connectivity index (χ0) is 29.6. The molecule has 0 saturated heterocycles. The lowest BCUT2D eigenvalue weighted by Gasteiger charge is -2.44. The summed E-state index contributed by atoms with van der Waals surface area (Å²) in [4.78, 5) is 14.8. The summed E-state index contributed by atoms with van der Waals surface area (Å²) >= 11 is 0. The molecule has 2 heterocycles. The largest absolute Gasteiger partial charge is 0.289 e. The molecule has 1 spiro atoms. The maximum Gasteiger partial charge on any atom is 0.268 e. The molecule has 3 aliphatic rings. The Morgan fingerprint density at radius 2 is 1.31 bits per heavy atom. The lowest BCUT2D eigenvalue weighted by Crippen LogP contribution is -2.45. The molecule has 1 aliphatic heterocycles. The molecule has 1 fully saturated rings. The summed E-state index contributed by atoms with van der Waals surface area (Å²) in [6.07, 6.45) is 3.09. The van der Waals surface area contributed by atoms with Crippen molar-refractivity contribution in [3.63, 3.8) is 0 Å². The standard InChI is InChI=1S/C33H30N2O5S2/c1-21-8-12-24(13-9-21)41(37,38)34-18-23(3)30-28(19-34)31(33(30)16-17-33)32(36)27-20-35(29-7-5-4-6-26(27)29)42(39,40)25-14-10-22(2)11-15-25/h4-15,20H,16-19H2,1-3H3. The number of hydrogen-bond donors (Lipinski definition) is 0. The van der Waals surface area contributed by atoms with Gasteiger partial charge in [-0.3, -0.25) is 4.79 Å². The first kappa shape index (κ1) is 27.1. The summed E-state index contributed by atoms with van der Waals surface area (Å²) < 4.78 is 57.3. The molecule has 0 atom stereocenters. The molecule has 3 aromatic carbocycles. The molecular weight excluding hydrogens is 569 g/mol. The first-order valence-electron chi connectivity index (χ1n) is 13.9. The number of benzene rings is 3. The Kier molecular flexibility index (Phi) is 5.87. The van der Waals surface area contributed by atoms with E-state index in [1.807, 2.05) is 20.8 Å². The summed E-state index contributed by atoms with van der Waals surface area (Å²) in [5, 5.41) is 0.552. The Bertz CT molecular complexity index is 2100. The number of sulfonamides is 1. The summed E-state index contributed by atoms with van der Waals surface area (Å²) in [7, 11) is -7.74. The van der Waals surface area contributed by atoms with Crippen molar-refractivity contribution in [3.8, 4) is 0 Å². The van der Waals surface area contributed by atoms with E-state index in [4.69, 9.17) is 0 Å². The Morgan fingerprint density at radius 3 is 1.90 bits per heavy atom. The van der Waals surface area contributed by atoms with E-state index in [0.29, 0.717) is 22.0 Å². The molecule has 1 aromatic heterocycles. The number of hydrogen-bond acceptors (Lipinski definition) is 5. The number of allylic oxidation sites excluding steroid dienone is 1. The predicted molar refractivity (Wildman–Crippen MR) is 161 cm³/mol. The summed E-state index contributed by atoms with van der Waals surface area (Å²) in [5.41, 5.74) is 5.74. The second-order valence-electron chi connectivity index (χ2n) is 11.7. The second-order valence-corrected chi connectivity index (χ2v) is 15.4. The smallest absolute Gasteiger partial charge is 0.268 e. The first-order chi connectivity index (χ1) is 19.9. The van der Waals surface area contributed by atoms with Gasteiger partial charge < -0.3 is 0 Å². The van der Waals surface area contributed by atoms with Gasteiger partial charge in [0, 0.05) is 41.2 Å². The quantitative estimate of drug-likeness (QED) is 0.262. The van der Waals surface area contributed by atoms with E-state index in [-0.39, 0.29) is 34.1 Å². The van der Waals surface area contributed by atoms with Gasteiger partial charge in [0.15, 0.2) is 5.78 Å². The second kappa shape index (κ2) is 9.10. The average Bonchev–Trinajstić information content (AvgIpc) is 3.68. The summed E-state index contributed by atoms with van der Waals surface area (Å²) in [5.74, 6) is -0.234. The van der Waals surface area contributed by atoms with Gasteiger partial charge in [-0.05, 0) is 75.1 Å². The summed E-state index contributed by atoms with van der Waals surface area (Å²) in [6, 6.07) is 20.4. The van der Waals surface area contributed by atoms with E-state index < -0.39 is 20.0 Å². The molecule has 42 heavy (non-hydrogen) atoms. The van der Waals surface area contributed by atoms with E-state index in [1.54, 1.807) is 72.8 Å². The lowest BCUT2D eigenvalue weighted by atomic mass is 9.64. The van der Waals surface area contributed by atoms with Gasteiger partial charge in [0.2, 0.25) is 10.0 Å². The van der Waals surface area contributed by atoms with Gasteiger partial charge in [-0.15, -0.1) is 0 Å². The molecule has 9 heteroatoms. The van der Waals surface area contributed by atoms with Crippen LogP contribution in [0.4, 0.5) is 0 Å². The van der Waals surface area contributed by atoms with E-state index in [9.17, 15) is 21.6 Å². The third-order valence-corrected chi connectivity index (χ3v) is 12.4. The first-order valence-corrected chi connectivity index (χ1v) is 16.8. The highest BCUT2D eigenvalue weighted by atomic mass is 32.2. The van der Waals surface area contributed by atoms with Crippen LogP contribution in [0.15, 0.2) is 111 Å². The van der Waals surface area contributed by atoms with Crippen LogP contribution in [0.25, 0.3) is 10.9 Å². The molecule has 214 valence electrons. The third-order valence-electron chi connectivity index (χ3n) is 8.87. The fraction of sp³-hybridized carbons (Fsp3) is 0.242. The van der Waals surface area contributed by atoms with Crippen molar-refractivity contribution in [3.05, 3.63) is 118 Å². The van der Waals surface area contributed by atoms with E-state index in [0.717, 1.165) is 40.7 Å². The van der Waals surface area contributed by atoms with Crippen LogP contribution in [0.1, 0.15) is 41.3 Å². The van der Waals surface area contributed by atoms with Gasteiger partial charge in [0.1, 0.15) is 0 Å². The average molecular weight is 599 g/mol. The topological polar surface area (TPSA) is 93.5 Å². The fourth-order valence-corrected chi connectivity index (χ4v) is 9.47. The number of aryl methyl sites for hydroxylation is 2. The molecule has 2 aliphatic carbocycles. The van der Waals surface area contributed by atoms with Crippen molar-refractivity contribution in [2.24, 2.45) is 5.41 Å². The minimum absolute atomic E-state index is 0.117. The third kappa shape index (κ3) is 3.83. The number of carbonyl (C=O) groups is 1. The number of rotatable bonds is 6. The van der Waals surface area contributed by atoms with Crippen molar-refractivity contribution in [1.29, 1.82) is 0 Å². The number of carbonyl (C=O) groups excluding carboxylic acids is 1. The van der Waals surface area contributed by atoms with Gasteiger partial charge in [-0.2, -0.15) is 4.31 Å². The van der Waals surface area contributed by atoms with Crippen LogP contribution in [0.3, 0.4) is 0 Å². The molecule has 7 rings (SSSR count). The molecule has 4 aromatic rings. The zero-order valence-electron chi connectivity index (χ0n) is 23.6. The highest BCUT2D eigenvalue weighted by molar-refractivity contribution is 7.90. The lowest BCUT2D eigenvalue weighted by molar-refractivity contribution is 0.101. The Hall–Kier alpha value is -3.79. The molecule has 1 saturated carbocycles. The Labute approximate surface area is 245 Å². The SMILES string of the molecule is CC1=C2C(=C(C(=O)c3cn(S(=O)(=O)c4ccc(C)cc4)c4ccccc34)C23CC3)CN(S(=O)(=O)c2ccc(C)cc2)C1. The maximum atomic E-state index is 14.4. The maximum absolute atomic E-state index is 14.4. The molecule has 7 nitrogen and oxygen atoms in total. The van der Waals surface area contributed by atoms with Gasteiger partial charge in [0.25, 0.3) is 10.0 Å². The molecule has 0 unspecified atom stereocenters. The van der Waals surface area contributed by atoms with E-state index in [2.05, 4.69) is 0 Å². The minimum Gasteiger partial charge on any atom is -0.289 e. The highest BCUT2D eigenvalue weighted by Crippen LogP contribution is 2.69. The molecule has 0 radical (unpaired) electrons. The molecule has 0 N–H and O–H groups in total. The normalized spacial score (nSPS) is 18.4. The minimum atomic E-state index is -3.97. The van der Waals surface area contributed by atoms with Crippen molar-refractivity contribution in [2.45, 2.75) is 43.4 Å². The van der Waals surface area contributed by atoms with Crippen LogP contribution in [0.2, 0.25) is 0 Å².